The molecule has 1 amide bonds. The Hall–Kier alpha value is -2.59. The maximum atomic E-state index is 13.9. The number of allylic oxidation sites excluding steroid dienone is 1. The van der Waals surface area contributed by atoms with Crippen molar-refractivity contribution in [2.24, 2.45) is 0 Å². The number of anilines is 1. The molecule has 32 heavy (non-hydrogen) atoms. The van der Waals surface area contributed by atoms with Crippen LogP contribution in [0.15, 0.2) is 34.7 Å². The molecule has 1 aliphatic rings. The molecule has 2 heterocycles. The normalized spacial score (nSPS) is 14.2. The summed E-state index contributed by atoms with van der Waals surface area (Å²) in [6.45, 7) is 5.49. The second-order valence-electron chi connectivity index (χ2n) is 7.46. The van der Waals surface area contributed by atoms with Gasteiger partial charge in [-0.3, -0.25) is 14.2 Å². The molecule has 4 rings (SSSR count). The summed E-state index contributed by atoms with van der Waals surface area (Å²) in [7, 11) is 0. The number of hydrogen-bond donors (Lipinski definition) is 1. The summed E-state index contributed by atoms with van der Waals surface area (Å²) >= 11 is 2.54. The van der Waals surface area contributed by atoms with Crippen molar-refractivity contribution < 1.29 is 18.0 Å². The largest absolute Gasteiger partial charge is 0.323 e. The van der Waals surface area contributed by atoms with Crippen LogP contribution in [0.2, 0.25) is 0 Å². The lowest BCUT2D eigenvalue weighted by Crippen LogP contribution is -2.27. The topological polar surface area (TPSA) is 64.0 Å². The zero-order valence-corrected chi connectivity index (χ0v) is 18.8. The van der Waals surface area contributed by atoms with E-state index in [1.807, 2.05) is 0 Å². The van der Waals surface area contributed by atoms with Gasteiger partial charge in [0.15, 0.2) is 22.6 Å². The van der Waals surface area contributed by atoms with Crippen molar-refractivity contribution >= 4 is 44.9 Å². The van der Waals surface area contributed by atoms with E-state index in [4.69, 9.17) is 0 Å². The summed E-state index contributed by atoms with van der Waals surface area (Å²) in [5.41, 5.74) is 0.443. The summed E-state index contributed by atoms with van der Waals surface area (Å²) in [5, 5.41) is 2.45. The Morgan fingerprint density at radius 2 is 2.06 bits per heavy atom. The third-order valence-corrected chi connectivity index (χ3v) is 7.57. The van der Waals surface area contributed by atoms with Gasteiger partial charge in [0.1, 0.15) is 4.83 Å². The van der Waals surface area contributed by atoms with Gasteiger partial charge in [-0.2, -0.15) is 0 Å². The highest BCUT2D eigenvalue weighted by Crippen LogP contribution is 2.35. The Balaban J connectivity index is 1.65. The summed E-state index contributed by atoms with van der Waals surface area (Å²) in [6, 6.07) is 1.69. The van der Waals surface area contributed by atoms with Crippen LogP contribution in [0, 0.1) is 17.5 Å². The van der Waals surface area contributed by atoms with Gasteiger partial charge in [-0.15, -0.1) is 17.9 Å². The number of fused-ring (bicyclic) bond motifs is 3. The van der Waals surface area contributed by atoms with Gasteiger partial charge in [-0.05, 0) is 50.3 Å². The van der Waals surface area contributed by atoms with E-state index in [1.165, 1.54) is 20.8 Å². The minimum Gasteiger partial charge on any atom is -0.323 e. The standard InChI is InChI=1S/C22H20F3N3O2S2/c1-3-10-28-21(30)16-12-6-4-5-7-15(12)32-20(16)27-22(28)31-11(2)19(29)26-14-9-8-13(23)17(24)18(14)25/h3,8-9,11H,1,4-7,10H2,2H3,(H,26,29). The molecule has 1 aliphatic carbocycles. The Morgan fingerprint density at radius 1 is 1.31 bits per heavy atom. The molecule has 0 fully saturated rings. The Morgan fingerprint density at radius 3 is 2.81 bits per heavy atom. The number of hydrogen-bond acceptors (Lipinski definition) is 5. The van der Waals surface area contributed by atoms with Crippen molar-refractivity contribution in [3.63, 3.8) is 0 Å². The molecular formula is C22H20F3N3O2S2. The number of amides is 1. The Bertz CT molecular complexity index is 1290. The van der Waals surface area contributed by atoms with Crippen molar-refractivity contribution in [1.82, 2.24) is 9.55 Å². The lowest BCUT2D eigenvalue weighted by Gasteiger charge is -2.16. The molecule has 10 heteroatoms. The number of halogens is 3. The zero-order valence-electron chi connectivity index (χ0n) is 17.2. The molecule has 5 nitrogen and oxygen atoms in total. The average Bonchev–Trinajstić information content (AvgIpc) is 3.15. The van der Waals surface area contributed by atoms with Gasteiger partial charge in [0.05, 0.1) is 16.3 Å². The van der Waals surface area contributed by atoms with E-state index in [-0.39, 0.29) is 12.1 Å². The maximum absolute atomic E-state index is 13.9. The molecule has 0 spiro atoms. The molecule has 0 saturated carbocycles. The van der Waals surface area contributed by atoms with Crippen LogP contribution >= 0.6 is 23.1 Å². The highest BCUT2D eigenvalue weighted by molar-refractivity contribution is 8.00. The van der Waals surface area contributed by atoms with Crippen LogP contribution < -0.4 is 10.9 Å². The number of thiophene rings is 1. The van der Waals surface area contributed by atoms with E-state index < -0.39 is 34.3 Å². The summed E-state index contributed by atoms with van der Waals surface area (Å²) in [5.74, 6) is -5.10. The summed E-state index contributed by atoms with van der Waals surface area (Å²) in [6.07, 6.45) is 5.48. The number of aryl methyl sites for hydroxylation is 2. The number of carbonyl (C=O) groups is 1. The molecule has 1 N–H and O–H groups in total. The third-order valence-electron chi connectivity index (χ3n) is 5.30. The molecule has 0 bridgehead atoms. The number of thioether (sulfide) groups is 1. The molecule has 2 aromatic heterocycles. The van der Waals surface area contributed by atoms with Crippen molar-refractivity contribution in [1.29, 1.82) is 0 Å². The number of benzene rings is 1. The fourth-order valence-corrected chi connectivity index (χ4v) is 5.89. The van der Waals surface area contributed by atoms with E-state index in [1.54, 1.807) is 13.0 Å². The van der Waals surface area contributed by atoms with Crippen molar-refractivity contribution in [3.05, 3.63) is 63.0 Å². The predicted molar refractivity (Wildman–Crippen MR) is 121 cm³/mol. The molecule has 0 saturated heterocycles. The molecule has 1 unspecified atom stereocenters. The highest BCUT2D eigenvalue weighted by atomic mass is 32.2. The zero-order chi connectivity index (χ0) is 23.0. The number of carbonyl (C=O) groups excluding carboxylic acids is 1. The van der Waals surface area contributed by atoms with E-state index in [9.17, 15) is 22.8 Å². The van der Waals surface area contributed by atoms with Crippen LogP contribution in [0.4, 0.5) is 18.9 Å². The highest BCUT2D eigenvalue weighted by Gasteiger charge is 2.25. The molecule has 3 aromatic rings. The quantitative estimate of drug-likeness (QED) is 0.232. The lowest BCUT2D eigenvalue weighted by molar-refractivity contribution is -0.115. The first kappa shape index (κ1) is 22.6. The van der Waals surface area contributed by atoms with Gasteiger partial charge < -0.3 is 5.32 Å². The summed E-state index contributed by atoms with van der Waals surface area (Å²) < 4.78 is 42.0. The predicted octanol–water partition coefficient (Wildman–Crippen LogP) is 5.06. The molecule has 0 radical (unpaired) electrons. The van der Waals surface area contributed by atoms with Gasteiger partial charge in [0.25, 0.3) is 5.56 Å². The van der Waals surface area contributed by atoms with Crippen LogP contribution in [0.5, 0.6) is 0 Å². The van der Waals surface area contributed by atoms with Gasteiger partial charge in [-0.1, -0.05) is 17.8 Å². The number of nitrogens with zero attached hydrogens (tertiary/aromatic N) is 2. The van der Waals surface area contributed by atoms with Gasteiger partial charge in [-0.25, -0.2) is 18.2 Å². The number of aromatic nitrogens is 2. The first-order valence-electron chi connectivity index (χ1n) is 10.1. The maximum Gasteiger partial charge on any atom is 0.263 e. The SMILES string of the molecule is C=CCn1c(SC(C)C(=O)Nc2ccc(F)c(F)c2F)nc2sc3c(c2c1=O)CCCC3. The minimum absolute atomic E-state index is 0.170. The second-order valence-corrected chi connectivity index (χ2v) is 9.85. The smallest absolute Gasteiger partial charge is 0.263 e. The fraction of sp³-hybridized carbons (Fsp3) is 0.318. The van der Waals surface area contributed by atoms with Gasteiger partial charge in [0.2, 0.25) is 5.91 Å². The monoisotopic (exact) mass is 479 g/mol. The molecule has 1 atom stereocenters. The van der Waals surface area contributed by atoms with Crippen LogP contribution in [-0.4, -0.2) is 20.7 Å². The Labute approximate surface area is 190 Å². The third kappa shape index (κ3) is 4.09. The minimum atomic E-state index is -1.66. The van der Waals surface area contributed by atoms with Crippen molar-refractivity contribution in [3.8, 4) is 0 Å². The molecule has 0 aliphatic heterocycles. The molecule has 1 aromatic carbocycles. The number of nitrogens with one attached hydrogen (secondary N) is 1. The van der Waals surface area contributed by atoms with Crippen molar-refractivity contribution in [2.75, 3.05) is 5.32 Å². The van der Waals surface area contributed by atoms with Crippen LogP contribution in [0.1, 0.15) is 30.2 Å². The van der Waals surface area contributed by atoms with E-state index in [0.29, 0.717) is 15.4 Å². The lowest BCUT2D eigenvalue weighted by atomic mass is 9.97. The van der Waals surface area contributed by atoms with Gasteiger partial charge >= 0.3 is 0 Å². The van der Waals surface area contributed by atoms with E-state index >= 15 is 0 Å². The first-order valence-corrected chi connectivity index (χ1v) is 11.8. The van der Waals surface area contributed by atoms with Crippen LogP contribution in [0.25, 0.3) is 10.2 Å². The summed E-state index contributed by atoms with van der Waals surface area (Å²) in [4.78, 5) is 32.4. The van der Waals surface area contributed by atoms with Crippen LogP contribution in [0.3, 0.4) is 0 Å². The Kier molecular flexibility index (Phi) is 6.43. The average molecular weight is 480 g/mol. The number of rotatable bonds is 6. The second kappa shape index (κ2) is 9.11. The fourth-order valence-electron chi connectivity index (χ4n) is 3.67. The van der Waals surface area contributed by atoms with Gasteiger partial charge in [0, 0.05) is 11.4 Å². The van der Waals surface area contributed by atoms with Crippen molar-refractivity contribution in [2.45, 2.75) is 49.6 Å². The van der Waals surface area contributed by atoms with E-state index in [2.05, 4.69) is 16.9 Å². The first-order chi connectivity index (χ1) is 15.3. The van der Waals surface area contributed by atoms with Crippen LogP contribution in [-0.2, 0) is 24.2 Å². The van der Waals surface area contributed by atoms with E-state index in [0.717, 1.165) is 55.1 Å². The molecule has 168 valence electrons. The molecular weight excluding hydrogens is 459 g/mol.